The Hall–Kier alpha value is -2.87. The van der Waals surface area contributed by atoms with E-state index < -0.39 is 0 Å². The van der Waals surface area contributed by atoms with Gasteiger partial charge in [-0.25, -0.2) is 0 Å². The highest BCUT2D eigenvalue weighted by molar-refractivity contribution is 8.00. The average molecular weight is 398 g/mol. The minimum atomic E-state index is -0.338. The normalized spacial score (nSPS) is 11.9. The quantitative estimate of drug-likeness (QED) is 0.617. The zero-order chi connectivity index (χ0) is 20.1. The Labute approximate surface area is 168 Å². The Kier molecular flexibility index (Phi) is 6.30. The number of aryl methyl sites for hydroxylation is 2. The number of carbonyl (C=O) groups excluding carboxylic acids is 1. The number of hydrogen-bond acceptors (Lipinski definition) is 6. The number of benzene rings is 2. The smallest absolute Gasteiger partial charge is 0.233 e. The van der Waals surface area contributed by atoms with Gasteiger partial charge < -0.3 is 10.1 Å². The second-order valence-corrected chi connectivity index (χ2v) is 7.78. The molecular formula is C20H23N5O2S. The first-order chi connectivity index (χ1) is 13.5. The van der Waals surface area contributed by atoms with Crippen molar-refractivity contribution in [2.24, 2.45) is 0 Å². The number of nitrogens with one attached hydrogen (secondary N) is 1. The van der Waals surface area contributed by atoms with E-state index in [1.54, 1.807) is 11.8 Å². The summed E-state index contributed by atoms with van der Waals surface area (Å²) in [5.74, 6) is 0.715. The van der Waals surface area contributed by atoms with Gasteiger partial charge in [-0.15, -0.1) is 5.10 Å². The summed E-state index contributed by atoms with van der Waals surface area (Å²) in [6, 6.07) is 13.6. The number of amides is 1. The van der Waals surface area contributed by atoms with Crippen molar-refractivity contribution in [1.29, 1.82) is 0 Å². The summed E-state index contributed by atoms with van der Waals surface area (Å²) in [6.07, 6.45) is 0. The van der Waals surface area contributed by atoms with Crippen molar-refractivity contribution in [3.8, 4) is 11.4 Å². The molecule has 1 aromatic heterocycles. The van der Waals surface area contributed by atoms with Gasteiger partial charge in [0, 0.05) is 6.54 Å². The van der Waals surface area contributed by atoms with E-state index in [0.717, 1.165) is 22.6 Å². The number of thioether (sulfide) groups is 1. The molecule has 0 aliphatic carbocycles. The number of ether oxygens (including phenoxy) is 1. The van der Waals surface area contributed by atoms with Crippen LogP contribution in [0.15, 0.2) is 47.6 Å². The van der Waals surface area contributed by atoms with Gasteiger partial charge in [-0.2, -0.15) is 4.68 Å². The van der Waals surface area contributed by atoms with Crippen LogP contribution in [0.3, 0.4) is 0 Å². The molecule has 0 radical (unpaired) electrons. The van der Waals surface area contributed by atoms with E-state index in [1.807, 2.05) is 56.3 Å². The van der Waals surface area contributed by atoms with Crippen molar-refractivity contribution in [3.05, 3.63) is 59.2 Å². The van der Waals surface area contributed by atoms with Gasteiger partial charge in [0.2, 0.25) is 11.1 Å². The fraction of sp³-hybridized carbons (Fsp3) is 0.300. The molecule has 1 amide bonds. The van der Waals surface area contributed by atoms with E-state index in [2.05, 4.69) is 27.8 Å². The molecule has 0 saturated heterocycles. The van der Waals surface area contributed by atoms with Crippen molar-refractivity contribution in [1.82, 2.24) is 25.5 Å². The molecule has 0 bridgehead atoms. The maximum atomic E-state index is 12.5. The molecule has 2 aromatic carbocycles. The number of rotatable bonds is 7. The molecule has 146 valence electrons. The van der Waals surface area contributed by atoms with E-state index in [1.165, 1.54) is 17.3 Å². The van der Waals surface area contributed by atoms with Gasteiger partial charge in [0.1, 0.15) is 5.75 Å². The highest BCUT2D eigenvalue weighted by Gasteiger charge is 2.19. The third kappa shape index (κ3) is 4.69. The topological polar surface area (TPSA) is 81.9 Å². The largest absolute Gasteiger partial charge is 0.497 e. The van der Waals surface area contributed by atoms with Crippen LogP contribution in [-0.4, -0.2) is 38.5 Å². The van der Waals surface area contributed by atoms with Gasteiger partial charge in [-0.05, 0) is 72.2 Å². The van der Waals surface area contributed by atoms with Crippen LogP contribution in [0.1, 0.15) is 23.6 Å². The molecule has 0 aliphatic rings. The predicted molar refractivity (Wildman–Crippen MR) is 109 cm³/mol. The number of methoxy groups -OCH3 is 1. The molecule has 28 heavy (non-hydrogen) atoms. The van der Waals surface area contributed by atoms with Crippen LogP contribution in [0.4, 0.5) is 0 Å². The second kappa shape index (κ2) is 8.88. The van der Waals surface area contributed by atoms with Crippen LogP contribution in [0.5, 0.6) is 5.75 Å². The number of aromatic nitrogens is 4. The third-order valence-electron chi connectivity index (χ3n) is 4.45. The average Bonchev–Trinajstić information content (AvgIpc) is 3.16. The summed E-state index contributed by atoms with van der Waals surface area (Å²) in [4.78, 5) is 12.5. The fourth-order valence-electron chi connectivity index (χ4n) is 2.56. The van der Waals surface area contributed by atoms with E-state index in [-0.39, 0.29) is 11.2 Å². The lowest BCUT2D eigenvalue weighted by Crippen LogP contribution is -2.30. The highest BCUT2D eigenvalue weighted by atomic mass is 32.2. The molecule has 1 atom stereocenters. The van der Waals surface area contributed by atoms with E-state index in [0.29, 0.717) is 11.7 Å². The summed E-state index contributed by atoms with van der Waals surface area (Å²) in [7, 11) is 1.63. The number of carbonyl (C=O) groups is 1. The zero-order valence-corrected chi connectivity index (χ0v) is 17.2. The Morgan fingerprint density at radius 1 is 1.18 bits per heavy atom. The highest BCUT2D eigenvalue weighted by Crippen LogP contribution is 2.24. The summed E-state index contributed by atoms with van der Waals surface area (Å²) in [5.41, 5.74) is 4.25. The van der Waals surface area contributed by atoms with Crippen molar-refractivity contribution in [3.63, 3.8) is 0 Å². The molecule has 0 spiro atoms. The Balaban J connectivity index is 1.62. The predicted octanol–water partition coefficient (Wildman–Crippen LogP) is 3.08. The fourth-order valence-corrected chi connectivity index (χ4v) is 3.39. The van der Waals surface area contributed by atoms with E-state index in [4.69, 9.17) is 4.74 Å². The standard InChI is InChI=1S/C20H23N5O2S/c1-13-5-8-17(11-14(13)2)25-20(22-23-24-25)28-15(3)19(26)21-12-16-6-9-18(27-4)10-7-16/h5-11,15H,12H2,1-4H3,(H,21,26). The molecule has 8 heteroatoms. The van der Waals surface area contributed by atoms with Gasteiger partial charge in [-0.1, -0.05) is 30.0 Å². The van der Waals surface area contributed by atoms with Crippen molar-refractivity contribution in [2.45, 2.75) is 37.7 Å². The van der Waals surface area contributed by atoms with Crippen LogP contribution >= 0.6 is 11.8 Å². The van der Waals surface area contributed by atoms with Crippen molar-refractivity contribution in [2.75, 3.05) is 7.11 Å². The first-order valence-corrected chi connectivity index (χ1v) is 9.79. The minimum Gasteiger partial charge on any atom is -0.497 e. The first-order valence-electron chi connectivity index (χ1n) is 8.91. The van der Waals surface area contributed by atoms with E-state index in [9.17, 15) is 4.79 Å². The van der Waals surface area contributed by atoms with Gasteiger partial charge in [0.25, 0.3) is 0 Å². The van der Waals surface area contributed by atoms with Crippen LogP contribution in [-0.2, 0) is 11.3 Å². The third-order valence-corrected chi connectivity index (χ3v) is 5.49. The van der Waals surface area contributed by atoms with Crippen LogP contribution in [0, 0.1) is 13.8 Å². The summed E-state index contributed by atoms with van der Waals surface area (Å²) < 4.78 is 6.80. The SMILES string of the molecule is COc1ccc(CNC(=O)C(C)Sc2nnnn2-c2ccc(C)c(C)c2)cc1. The molecule has 3 aromatic rings. The molecule has 1 heterocycles. The van der Waals surface area contributed by atoms with Crippen molar-refractivity contribution < 1.29 is 9.53 Å². The lowest BCUT2D eigenvalue weighted by Gasteiger charge is -2.12. The Bertz CT molecular complexity index is 955. The van der Waals surface area contributed by atoms with Gasteiger partial charge in [0.05, 0.1) is 18.0 Å². The molecule has 0 fully saturated rings. The molecule has 1 N–H and O–H groups in total. The number of hydrogen-bond donors (Lipinski definition) is 1. The minimum absolute atomic E-state index is 0.0737. The maximum absolute atomic E-state index is 12.5. The van der Waals surface area contributed by atoms with Crippen LogP contribution in [0.2, 0.25) is 0 Å². The molecule has 0 saturated carbocycles. The Morgan fingerprint density at radius 2 is 1.93 bits per heavy atom. The molecular weight excluding hydrogens is 374 g/mol. The second-order valence-electron chi connectivity index (χ2n) is 6.47. The monoisotopic (exact) mass is 397 g/mol. The van der Waals surface area contributed by atoms with Crippen molar-refractivity contribution >= 4 is 17.7 Å². The lowest BCUT2D eigenvalue weighted by atomic mass is 10.1. The molecule has 7 nitrogen and oxygen atoms in total. The number of tetrazole rings is 1. The summed E-state index contributed by atoms with van der Waals surface area (Å²) >= 11 is 1.33. The van der Waals surface area contributed by atoms with Crippen LogP contribution < -0.4 is 10.1 Å². The van der Waals surface area contributed by atoms with Gasteiger partial charge in [-0.3, -0.25) is 4.79 Å². The first kappa shape index (κ1) is 19.9. The molecule has 1 unspecified atom stereocenters. The summed E-state index contributed by atoms with van der Waals surface area (Å²) in [5, 5.41) is 15.1. The summed E-state index contributed by atoms with van der Waals surface area (Å²) in [6.45, 7) is 6.40. The molecule has 3 rings (SSSR count). The number of nitrogens with zero attached hydrogens (tertiary/aromatic N) is 4. The lowest BCUT2D eigenvalue weighted by molar-refractivity contribution is -0.120. The van der Waals surface area contributed by atoms with Gasteiger partial charge >= 0.3 is 0 Å². The zero-order valence-electron chi connectivity index (χ0n) is 16.3. The maximum Gasteiger partial charge on any atom is 0.233 e. The molecule has 0 aliphatic heterocycles. The van der Waals surface area contributed by atoms with E-state index >= 15 is 0 Å². The van der Waals surface area contributed by atoms with Crippen LogP contribution in [0.25, 0.3) is 5.69 Å². The van der Waals surface area contributed by atoms with Gasteiger partial charge in [0.15, 0.2) is 0 Å². The Morgan fingerprint density at radius 3 is 2.61 bits per heavy atom.